The first-order valence-corrected chi connectivity index (χ1v) is 3.84. The lowest BCUT2D eigenvalue weighted by Gasteiger charge is -2.10. The monoisotopic (exact) mass is 148 g/mol. The van der Waals surface area contributed by atoms with Gasteiger partial charge in [-0.3, -0.25) is 0 Å². The van der Waals surface area contributed by atoms with Crippen molar-refractivity contribution in [1.29, 1.82) is 0 Å². The molecule has 3 nitrogen and oxygen atoms in total. The van der Waals surface area contributed by atoms with Crippen LogP contribution in [-0.4, -0.2) is 16.0 Å². The fraction of sp³-hybridized carbons (Fsp3) is 0.500. The summed E-state index contributed by atoms with van der Waals surface area (Å²) < 4.78 is 0. The summed E-state index contributed by atoms with van der Waals surface area (Å²) in [5, 5.41) is 4.29. The maximum atomic E-state index is 4.29. The Morgan fingerprint density at radius 3 is 2.55 bits per heavy atom. The maximum absolute atomic E-state index is 4.29. The zero-order chi connectivity index (χ0) is 7.68. The summed E-state index contributed by atoms with van der Waals surface area (Å²) in [6.45, 7) is 1.97. The van der Waals surface area contributed by atoms with E-state index in [4.69, 9.17) is 0 Å². The molecule has 0 N–H and O–H groups in total. The van der Waals surface area contributed by atoms with Gasteiger partial charge in [0.25, 0.3) is 0 Å². The van der Waals surface area contributed by atoms with Gasteiger partial charge in [0.2, 0.25) is 0 Å². The highest BCUT2D eigenvalue weighted by Crippen LogP contribution is 2.32. The minimum atomic E-state index is 0.512. The summed E-state index contributed by atoms with van der Waals surface area (Å²) >= 11 is 0. The van der Waals surface area contributed by atoms with Gasteiger partial charge < -0.3 is 15.3 Å². The fourth-order valence-electron chi connectivity index (χ4n) is 0.819. The fourth-order valence-corrected chi connectivity index (χ4v) is 0.819. The van der Waals surface area contributed by atoms with Crippen molar-refractivity contribution in [2.75, 3.05) is 0 Å². The van der Waals surface area contributed by atoms with Gasteiger partial charge in [-0.15, -0.1) is 0 Å². The molecule has 1 aromatic heterocycles. The average molecular weight is 148 g/mol. The third-order valence-electron chi connectivity index (χ3n) is 1.61. The second-order valence-corrected chi connectivity index (χ2v) is 2.92. The van der Waals surface area contributed by atoms with Gasteiger partial charge in [0.15, 0.2) is 0 Å². The van der Waals surface area contributed by atoms with Crippen LogP contribution in [0.4, 0.5) is 5.95 Å². The first kappa shape index (κ1) is 6.58. The molecule has 1 aliphatic carbocycles. The second-order valence-electron chi connectivity index (χ2n) is 2.92. The Balaban J connectivity index is 2.06. The zero-order valence-corrected chi connectivity index (χ0v) is 6.49. The highest BCUT2D eigenvalue weighted by atomic mass is 15.1. The molecule has 0 aliphatic heterocycles. The molecule has 0 radical (unpaired) electrons. The number of aryl methyl sites for hydroxylation is 1. The topological polar surface area (TPSA) is 39.9 Å². The van der Waals surface area contributed by atoms with Crippen LogP contribution in [0.5, 0.6) is 0 Å². The first-order chi connectivity index (χ1) is 5.34. The molecule has 0 saturated heterocycles. The molecule has 1 aliphatic rings. The lowest BCUT2D eigenvalue weighted by atomic mass is 10.4. The number of nitrogens with zero attached hydrogens (tertiary/aromatic N) is 3. The van der Waals surface area contributed by atoms with Crippen LogP contribution in [0.2, 0.25) is 0 Å². The molecular formula is C8H10N3-. The molecule has 1 saturated carbocycles. The Kier molecular flexibility index (Phi) is 1.49. The minimum Gasteiger partial charge on any atom is -0.390 e. The summed E-state index contributed by atoms with van der Waals surface area (Å²) in [4.78, 5) is 8.16. The Morgan fingerprint density at radius 1 is 1.36 bits per heavy atom. The number of hydrogen-bond donors (Lipinski definition) is 0. The standard InChI is InChI=1S/C8H10N3/c1-6-4-9-8(10-5-6)11-7-2-3-7/h4-5,7H,2-3H2,1H3/q-1. The molecule has 3 heteroatoms. The van der Waals surface area contributed by atoms with E-state index in [1.807, 2.05) is 6.92 Å². The van der Waals surface area contributed by atoms with Crippen LogP contribution in [-0.2, 0) is 0 Å². The molecule has 0 spiro atoms. The highest BCUT2D eigenvalue weighted by Gasteiger charge is 2.17. The van der Waals surface area contributed by atoms with Crippen LogP contribution in [0.3, 0.4) is 0 Å². The van der Waals surface area contributed by atoms with Gasteiger partial charge in [0.05, 0.1) is 0 Å². The van der Waals surface area contributed by atoms with Crippen molar-refractivity contribution in [2.45, 2.75) is 25.8 Å². The SMILES string of the molecule is Cc1cnc([N-]C2CC2)nc1. The number of aromatic nitrogens is 2. The Bertz CT molecular complexity index is 238. The molecule has 0 atom stereocenters. The molecule has 58 valence electrons. The van der Waals surface area contributed by atoms with E-state index in [-0.39, 0.29) is 0 Å². The van der Waals surface area contributed by atoms with Crippen LogP contribution in [0.15, 0.2) is 12.4 Å². The van der Waals surface area contributed by atoms with Crippen molar-refractivity contribution in [2.24, 2.45) is 0 Å². The van der Waals surface area contributed by atoms with E-state index in [1.165, 1.54) is 12.8 Å². The van der Waals surface area contributed by atoms with Gasteiger partial charge in [-0.25, -0.2) is 0 Å². The molecule has 2 rings (SSSR count). The third kappa shape index (κ3) is 1.67. The molecule has 1 fully saturated rings. The zero-order valence-electron chi connectivity index (χ0n) is 6.49. The van der Waals surface area contributed by atoms with Crippen molar-refractivity contribution < 1.29 is 0 Å². The van der Waals surface area contributed by atoms with Gasteiger partial charge in [-0.2, -0.15) is 0 Å². The molecule has 1 aromatic rings. The van der Waals surface area contributed by atoms with E-state index < -0.39 is 0 Å². The predicted molar refractivity (Wildman–Crippen MR) is 42.8 cm³/mol. The largest absolute Gasteiger partial charge is 0.390 e. The Hall–Kier alpha value is -1.12. The molecule has 0 unspecified atom stereocenters. The predicted octanol–water partition coefficient (Wildman–Crippen LogP) is 1.95. The van der Waals surface area contributed by atoms with Crippen LogP contribution in [0.25, 0.3) is 5.32 Å². The van der Waals surface area contributed by atoms with Crippen LogP contribution >= 0.6 is 0 Å². The average Bonchev–Trinajstić information content (AvgIpc) is 2.78. The van der Waals surface area contributed by atoms with Crippen molar-refractivity contribution >= 4 is 5.95 Å². The normalized spacial score (nSPS) is 16.5. The van der Waals surface area contributed by atoms with Gasteiger partial charge in [0.1, 0.15) is 0 Å². The van der Waals surface area contributed by atoms with Crippen molar-refractivity contribution in [3.8, 4) is 0 Å². The van der Waals surface area contributed by atoms with E-state index in [1.54, 1.807) is 12.4 Å². The van der Waals surface area contributed by atoms with Crippen molar-refractivity contribution in [1.82, 2.24) is 9.97 Å². The molecular weight excluding hydrogens is 138 g/mol. The van der Waals surface area contributed by atoms with Gasteiger partial charge in [-0.05, 0) is 43.8 Å². The molecule has 0 amide bonds. The lowest BCUT2D eigenvalue weighted by molar-refractivity contribution is 1.09. The molecule has 11 heavy (non-hydrogen) atoms. The number of rotatable bonds is 2. The Labute approximate surface area is 65.9 Å². The molecule has 1 heterocycles. The van der Waals surface area contributed by atoms with E-state index in [0.29, 0.717) is 12.0 Å². The summed E-state index contributed by atoms with van der Waals surface area (Å²) in [6.07, 6.45) is 6.01. The summed E-state index contributed by atoms with van der Waals surface area (Å²) in [7, 11) is 0. The highest BCUT2D eigenvalue weighted by molar-refractivity contribution is 5.35. The van der Waals surface area contributed by atoms with Gasteiger partial charge >= 0.3 is 0 Å². The van der Waals surface area contributed by atoms with Crippen molar-refractivity contribution in [3.05, 3.63) is 23.3 Å². The van der Waals surface area contributed by atoms with Crippen LogP contribution < -0.4 is 0 Å². The number of hydrogen-bond acceptors (Lipinski definition) is 2. The van der Waals surface area contributed by atoms with E-state index in [9.17, 15) is 0 Å². The summed E-state index contributed by atoms with van der Waals surface area (Å²) in [5.41, 5.74) is 1.08. The smallest absolute Gasteiger partial charge is 0.0234 e. The quantitative estimate of drug-likeness (QED) is 0.643. The molecule has 0 aromatic carbocycles. The maximum Gasteiger partial charge on any atom is 0.0234 e. The summed E-state index contributed by atoms with van der Waals surface area (Å²) in [6, 6.07) is 0.512. The van der Waals surface area contributed by atoms with Gasteiger partial charge in [0, 0.05) is 5.95 Å². The summed E-state index contributed by atoms with van der Waals surface area (Å²) in [5.74, 6) is 0.637. The second kappa shape index (κ2) is 2.49. The Morgan fingerprint density at radius 2 is 2.00 bits per heavy atom. The first-order valence-electron chi connectivity index (χ1n) is 3.84. The lowest BCUT2D eigenvalue weighted by Crippen LogP contribution is -1.85. The van der Waals surface area contributed by atoms with Crippen LogP contribution in [0, 0.1) is 6.92 Å². The minimum absolute atomic E-state index is 0.512. The van der Waals surface area contributed by atoms with E-state index in [2.05, 4.69) is 15.3 Å². The van der Waals surface area contributed by atoms with Crippen molar-refractivity contribution in [3.63, 3.8) is 0 Å². The van der Waals surface area contributed by atoms with E-state index in [0.717, 1.165) is 5.56 Å². The molecule has 0 bridgehead atoms. The third-order valence-corrected chi connectivity index (χ3v) is 1.61. The van der Waals surface area contributed by atoms with E-state index >= 15 is 0 Å². The van der Waals surface area contributed by atoms with Crippen LogP contribution in [0.1, 0.15) is 18.4 Å². The van der Waals surface area contributed by atoms with Gasteiger partial charge in [-0.1, -0.05) is 0 Å².